The summed E-state index contributed by atoms with van der Waals surface area (Å²) in [5.41, 5.74) is 2.02. The highest BCUT2D eigenvalue weighted by molar-refractivity contribution is 6.35. The normalized spacial score (nSPS) is 18.3. The van der Waals surface area contributed by atoms with Crippen molar-refractivity contribution in [2.24, 2.45) is 5.92 Å². The smallest absolute Gasteiger partial charge is 0.413 e. The van der Waals surface area contributed by atoms with E-state index in [0.29, 0.717) is 46.7 Å². The van der Waals surface area contributed by atoms with Crippen molar-refractivity contribution in [3.05, 3.63) is 35.6 Å². The van der Waals surface area contributed by atoms with Crippen LogP contribution in [0.4, 0.5) is 20.7 Å². The van der Waals surface area contributed by atoms with Crippen LogP contribution in [0.3, 0.4) is 0 Å². The number of anilines is 2. The van der Waals surface area contributed by atoms with Crippen LogP contribution >= 0.6 is 11.6 Å². The van der Waals surface area contributed by atoms with Crippen molar-refractivity contribution in [1.82, 2.24) is 24.6 Å². The third kappa shape index (κ3) is 3.35. The zero-order valence-electron chi connectivity index (χ0n) is 18.1. The molecule has 172 valence electrons. The van der Waals surface area contributed by atoms with Crippen molar-refractivity contribution in [1.29, 1.82) is 0 Å². The van der Waals surface area contributed by atoms with Crippen LogP contribution < -0.4 is 9.80 Å². The van der Waals surface area contributed by atoms with E-state index >= 15 is 4.39 Å². The zero-order chi connectivity index (χ0) is 23.4. The number of hydrogen-bond donors (Lipinski definition) is 2. The Hall–Kier alpha value is -3.44. The molecule has 1 fully saturated rings. The van der Waals surface area contributed by atoms with Crippen LogP contribution in [-0.4, -0.2) is 69.1 Å². The number of halogens is 2. The minimum atomic E-state index is -1.11. The number of benzene rings is 1. The maximum Gasteiger partial charge on any atom is 0.413 e. The molecular formula is C21H21ClFN7O3. The van der Waals surface area contributed by atoms with Gasteiger partial charge in [-0.2, -0.15) is 5.10 Å². The Morgan fingerprint density at radius 3 is 2.79 bits per heavy atom. The van der Waals surface area contributed by atoms with Gasteiger partial charge in [0, 0.05) is 37.2 Å². The Bertz CT molecular complexity index is 1390. The molecule has 0 saturated carbocycles. The molecule has 5 rings (SSSR count). The predicted octanol–water partition coefficient (Wildman–Crippen LogP) is 3.65. The molecule has 2 atom stereocenters. The quantitative estimate of drug-likeness (QED) is 0.465. The molecule has 1 aromatic carbocycles. The number of hydrogen-bond acceptors (Lipinski definition) is 6. The first-order valence-corrected chi connectivity index (χ1v) is 10.6. The molecule has 1 aliphatic heterocycles. The molecule has 4 aromatic rings. The van der Waals surface area contributed by atoms with Crippen molar-refractivity contribution in [3.8, 4) is 11.3 Å². The average molecular weight is 474 g/mol. The number of carboxylic acid groups (broad SMARTS) is 1. The SMILES string of the molecule is CC1COCC1N(C(=O)O)c1cn2cc(-c3c(Cl)c(F)c(N(C)C)c4[nH]ncc34)ncc2n1. The summed E-state index contributed by atoms with van der Waals surface area (Å²) < 4.78 is 22.3. The molecule has 10 nitrogen and oxygen atoms in total. The molecule has 1 aliphatic rings. The summed E-state index contributed by atoms with van der Waals surface area (Å²) in [5, 5.41) is 17.3. The van der Waals surface area contributed by atoms with Crippen LogP contribution in [0.1, 0.15) is 6.92 Å². The Kier molecular flexibility index (Phi) is 5.09. The molecule has 12 heteroatoms. The standard InChI is InChI=1S/C21H21ClFN7O3/c1-10-8-33-9-13(10)30(21(31)32)15-7-29-6-12(24-5-14(29)26-15)16-11-4-25-27-19(11)20(28(2)3)18(23)17(16)22/h4-7,10,13H,8-9H2,1-3H3,(H,25,27)(H,31,32). The fraction of sp³-hybridized carbons (Fsp3) is 0.333. The first-order valence-electron chi connectivity index (χ1n) is 10.2. The molecule has 3 aromatic heterocycles. The summed E-state index contributed by atoms with van der Waals surface area (Å²) in [6, 6.07) is -0.340. The van der Waals surface area contributed by atoms with E-state index in [1.165, 1.54) is 11.1 Å². The summed E-state index contributed by atoms with van der Waals surface area (Å²) >= 11 is 6.46. The Labute approximate surface area is 192 Å². The van der Waals surface area contributed by atoms with Crippen molar-refractivity contribution >= 4 is 45.7 Å². The molecule has 0 bridgehead atoms. The number of aromatic amines is 1. The van der Waals surface area contributed by atoms with Gasteiger partial charge >= 0.3 is 6.09 Å². The van der Waals surface area contributed by atoms with Crippen molar-refractivity contribution in [3.63, 3.8) is 0 Å². The summed E-state index contributed by atoms with van der Waals surface area (Å²) in [4.78, 5) is 23.7. The van der Waals surface area contributed by atoms with E-state index < -0.39 is 11.9 Å². The van der Waals surface area contributed by atoms with Crippen LogP contribution in [0.5, 0.6) is 0 Å². The van der Waals surface area contributed by atoms with E-state index in [1.54, 1.807) is 42.0 Å². The van der Waals surface area contributed by atoms with E-state index in [4.69, 9.17) is 16.3 Å². The number of ether oxygens (including phenoxy) is 1. The number of H-pyrrole nitrogens is 1. The minimum Gasteiger partial charge on any atom is -0.465 e. The lowest BCUT2D eigenvalue weighted by atomic mass is 10.1. The predicted molar refractivity (Wildman–Crippen MR) is 122 cm³/mol. The maximum atomic E-state index is 15.2. The molecule has 1 amide bonds. The molecule has 33 heavy (non-hydrogen) atoms. The summed E-state index contributed by atoms with van der Waals surface area (Å²) in [7, 11) is 3.44. The van der Waals surface area contributed by atoms with Gasteiger partial charge in [0.2, 0.25) is 0 Å². The van der Waals surface area contributed by atoms with Gasteiger partial charge in [0.15, 0.2) is 17.3 Å². The van der Waals surface area contributed by atoms with Crippen molar-refractivity contribution < 1.29 is 19.0 Å². The van der Waals surface area contributed by atoms with Crippen LogP contribution in [0.25, 0.3) is 27.8 Å². The molecule has 0 radical (unpaired) electrons. The molecule has 2 N–H and O–H groups in total. The van der Waals surface area contributed by atoms with Gasteiger partial charge in [-0.15, -0.1) is 0 Å². The van der Waals surface area contributed by atoms with E-state index in [-0.39, 0.29) is 22.8 Å². The summed E-state index contributed by atoms with van der Waals surface area (Å²) in [6.07, 6.45) is 5.20. The second-order valence-electron chi connectivity index (χ2n) is 8.28. The van der Waals surface area contributed by atoms with E-state index in [1.807, 2.05) is 6.92 Å². The second kappa shape index (κ2) is 7.85. The van der Waals surface area contributed by atoms with Crippen LogP contribution in [0, 0.1) is 11.7 Å². The fourth-order valence-corrected chi connectivity index (χ4v) is 4.58. The Morgan fingerprint density at radius 2 is 2.12 bits per heavy atom. The van der Waals surface area contributed by atoms with Gasteiger partial charge in [0.25, 0.3) is 0 Å². The van der Waals surface area contributed by atoms with Gasteiger partial charge in [0.1, 0.15) is 5.69 Å². The van der Waals surface area contributed by atoms with E-state index in [2.05, 4.69) is 20.2 Å². The maximum absolute atomic E-state index is 15.2. The molecule has 4 heterocycles. The molecule has 2 unspecified atom stereocenters. The molecule has 0 spiro atoms. The minimum absolute atomic E-state index is 0.0333. The average Bonchev–Trinajstić information content (AvgIpc) is 3.49. The van der Waals surface area contributed by atoms with Gasteiger partial charge < -0.3 is 19.1 Å². The molecule has 1 saturated heterocycles. The number of nitrogens with one attached hydrogen (secondary N) is 1. The fourth-order valence-electron chi connectivity index (χ4n) is 4.29. The number of aromatic nitrogens is 5. The molecule has 0 aliphatic carbocycles. The number of nitrogens with zero attached hydrogens (tertiary/aromatic N) is 6. The number of amides is 1. The number of carbonyl (C=O) groups is 1. The summed E-state index contributed by atoms with van der Waals surface area (Å²) in [5.74, 6) is -0.294. The second-order valence-corrected chi connectivity index (χ2v) is 8.65. The first-order chi connectivity index (χ1) is 15.8. The van der Waals surface area contributed by atoms with E-state index in [0.717, 1.165) is 0 Å². The monoisotopic (exact) mass is 473 g/mol. The number of imidazole rings is 1. The van der Waals surface area contributed by atoms with Gasteiger partial charge in [0.05, 0.1) is 54.1 Å². The van der Waals surface area contributed by atoms with Crippen molar-refractivity contribution in [2.75, 3.05) is 37.1 Å². The van der Waals surface area contributed by atoms with Gasteiger partial charge in [-0.3, -0.25) is 15.0 Å². The van der Waals surface area contributed by atoms with Crippen LogP contribution in [0.15, 0.2) is 24.8 Å². The van der Waals surface area contributed by atoms with E-state index in [9.17, 15) is 9.90 Å². The Morgan fingerprint density at radius 1 is 1.33 bits per heavy atom. The third-order valence-electron chi connectivity index (χ3n) is 5.91. The van der Waals surface area contributed by atoms with Gasteiger partial charge in [-0.05, 0) is 0 Å². The highest BCUT2D eigenvalue weighted by Gasteiger charge is 2.35. The van der Waals surface area contributed by atoms with Crippen molar-refractivity contribution in [2.45, 2.75) is 13.0 Å². The number of fused-ring (bicyclic) bond motifs is 2. The lowest BCUT2D eigenvalue weighted by Gasteiger charge is -2.25. The first kappa shape index (κ1) is 21.4. The zero-order valence-corrected chi connectivity index (χ0v) is 18.8. The highest BCUT2D eigenvalue weighted by atomic mass is 35.5. The molecular weight excluding hydrogens is 453 g/mol. The topological polar surface area (TPSA) is 112 Å². The highest BCUT2D eigenvalue weighted by Crippen LogP contribution is 2.41. The summed E-state index contributed by atoms with van der Waals surface area (Å²) in [6.45, 7) is 2.73. The van der Waals surface area contributed by atoms with Gasteiger partial charge in [-0.1, -0.05) is 18.5 Å². The lowest BCUT2D eigenvalue weighted by molar-refractivity contribution is 0.181. The largest absolute Gasteiger partial charge is 0.465 e. The third-order valence-corrected chi connectivity index (χ3v) is 6.26. The van der Waals surface area contributed by atoms with Gasteiger partial charge in [-0.25, -0.2) is 14.2 Å². The lowest BCUT2D eigenvalue weighted by Crippen LogP contribution is -2.43. The van der Waals surface area contributed by atoms with Crippen LogP contribution in [0.2, 0.25) is 5.02 Å². The Balaban J connectivity index is 1.64. The van der Waals surface area contributed by atoms with Crippen LogP contribution in [-0.2, 0) is 4.74 Å². The number of rotatable bonds is 4.